The maximum atomic E-state index is 11.7. The number of hydrogen-bond acceptors (Lipinski definition) is 5. The molecule has 30 heavy (non-hydrogen) atoms. The minimum Gasteiger partial charge on any atom is -0.469 e. The monoisotopic (exact) mass is 422 g/mol. The zero-order valence-corrected chi connectivity index (χ0v) is 19.2. The van der Waals surface area contributed by atoms with Gasteiger partial charge in [-0.25, -0.2) is 0 Å². The molecule has 0 aromatic rings. The highest BCUT2D eigenvalue weighted by atomic mass is 16.5. The van der Waals surface area contributed by atoms with Crippen LogP contribution in [0.5, 0.6) is 0 Å². The van der Waals surface area contributed by atoms with Gasteiger partial charge in [0.25, 0.3) is 0 Å². The van der Waals surface area contributed by atoms with Crippen molar-refractivity contribution in [3.8, 4) is 0 Å². The molecule has 4 aliphatic rings. The number of fused-ring (bicyclic) bond motifs is 5. The molecule has 5 nitrogen and oxygen atoms in total. The maximum absolute atomic E-state index is 11.7. The van der Waals surface area contributed by atoms with E-state index < -0.39 is 0 Å². The van der Waals surface area contributed by atoms with E-state index in [4.69, 9.17) is 4.74 Å². The minimum atomic E-state index is -0.369. The lowest BCUT2D eigenvalue weighted by molar-refractivity contribution is -0.207. The molecule has 0 heterocycles. The summed E-state index contributed by atoms with van der Waals surface area (Å²) in [7, 11) is 1.44. The van der Waals surface area contributed by atoms with E-state index in [1.54, 1.807) is 0 Å². The molecule has 4 rings (SSSR count). The van der Waals surface area contributed by atoms with Crippen LogP contribution in [-0.4, -0.2) is 46.7 Å². The summed E-state index contributed by atoms with van der Waals surface area (Å²) in [6.45, 7) is 6.85. The summed E-state index contributed by atoms with van der Waals surface area (Å²) in [6.07, 6.45) is 6.60. The molecule has 0 unspecified atom stereocenters. The van der Waals surface area contributed by atoms with Gasteiger partial charge in [-0.3, -0.25) is 4.79 Å². The number of hydrogen-bond donors (Lipinski definition) is 3. The molecule has 4 fully saturated rings. The van der Waals surface area contributed by atoms with Gasteiger partial charge in [0.1, 0.15) is 0 Å². The van der Waals surface area contributed by atoms with Crippen molar-refractivity contribution < 1.29 is 24.9 Å². The number of aliphatic hydroxyl groups is 3. The van der Waals surface area contributed by atoms with Crippen LogP contribution in [0.25, 0.3) is 0 Å². The Labute approximate surface area is 181 Å². The van der Waals surface area contributed by atoms with Crippen LogP contribution in [-0.2, 0) is 9.53 Å². The number of methoxy groups -OCH3 is 1. The SMILES string of the molecule is COC(=O)CC[C@H](C)[C@H]1CC[C@H]2[C@@H]3[C@H](O)C[C@@H]4C[C@H](O)CC[C@]4(C)[C@H]3C[C@H](O)[C@]12C. The lowest BCUT2D eigenvalue weighted by Crippen LogP contribution is -2.62. The first-order chi connectivity index (χ1) is 14.1. The molecule has 172 valence electrons. The average molecular weight is 423 g/mol. The summed E-state index contributed by atoms with van der Waals surface area (Å²) in [5, 5.41) is 33.1. The summed E-state index contributed by atoms with van der Waals surface area (Å²) in [6, 6.07) is 0. The van der Waals surface area contributed by atoms with Gasteiger partial charge in [-0.05, 0) is 97.7 Å². The molecule has 4 aliphatic carbocycles. The average Bonchev–Trinajstić information content (AvgIpc) is 3.06. The second kappa shape index (κ2) is 8.04. The van der Waals surface area contributed by atoms with Crippen molar-refractivity contribution in [2.24, 2.45) is 46.3 Å². The normalized spacial score (nSPS) is 51.4. The van der Waals surface area contributed by atoms with Crippen molar-refractivity contribution in [3.63, 3.8) is 0 Å². The topological polar surface area (TPSA) is 87.0 Å². The maximum Gasteiger partial charge on any atom is 0.305 e. The lowest BCUT2D eigenvalue weighted by atomic mass is 9.43. The molecule has 11 atom stereocenters. The first-order valence-corrected chi connectivity index (χ1v) is 12.2. The van der Waals surface area contributed by atoms with Crippen LogP contribution in [0.1, 0.15) is 78.6 Å². The van der Waals surface area contributed by atoms with Crippen LogP contribution in [0.3, 0.4) is 0 Å². The van der Waals surface area contributed by atoms with Crippen molar-refractivity contribution in [1.29, 1.82) is 0 Å². The van der Waals surface area contributed by atoms with E-state index in [9.17, 15) is 20.1 Å². The van der Waals surface area contributed by atoms with E-state index in [-0.39, 0.29) is 41.0 Å². The molecular weight excluding hydrogens is 380 g/mol. The second-order valence-electron chi connectivity index (χ2n) is 11.6. The third kappa shape index (κ3) is 3.34. The molecule has 0 aliphatic heterocycles. The van der Waals surface area contributed by atoms with Crippen LogP contribution in [0, 0.1) is 46.3 Å². The highest BCUT2D eigenvalue weighted by Gasteiger charge is 2.65. The van der Waals surface area contributed by atoms with Gasteiger partial charge < -0.3 is 20.1 Å². The van der Waals surface area contributed by atoms with E-state index in [1.165, 1.54) is 7.11 Å². The fourth-order valence-corrected chi connectivity index (χ4v) is 8.78. The lowest BCUT2D eigenvalue weighted by Gasteiger charge is -2.63. The van der Waals surface area contributed by atoms with Gasteiger partial charge in [0.05, 0.1) is 25.4 Å². The quantitative estimate of drug-likeness (QED) is 0.603. The van der Waals surface area contributed by atoms with Crippen molar-refractivity contribution in [2.45, 2.75) is 96.9 Å². The molecule has 0 aromatic carbocycles. The van der Waals surface area contributed by atoms with E-state index >= 15 is 0 Å². The molecule has 4 saturated carbocycles. The first-order valence-electron chi connectivity index (χ1n) is 12.2. The summed E-state index contributed by atoms with van der Waals surface area (Å²) >= 11 is 0. The zero-order chi connectivity index (χ0) is 21.8. The fraction of sp³-hybridized carbons (Fsp3) is 0.960. The van der Waals surface area contributed by atoms with Gasteiger partial charge in [-0.15, -0.1) is 0 Å². The van der Waals surface area contributed by atoms with E-state index in [0.29, 0.717) is 36.0 Å². The van der Waals surface area contributed by atoms with Gasteiger partial charge in [-0.2, -0.15) is 0 Å². The second-order valence-corrected chi connectivity index (χ2v) is 11.6. The van der Waals surface area contributed by atoms with Crippen molar-refractivity contribution >= 4 is 5.97 Å². The fourth-order valence-electron chi connectivity index (χ4n) is 8.78. The molecule has 3 N–H and O–H groups in total. The van der Waals surface area contributed by atoms with Crippen molar-refractivity contribution in [2.75, 3.05) is 7.11 Å². The summed E-state index contributed by atoms with van der Waals surface area (Å²) in [4.78, 5) is 11.7. The zero-order valence-electron chi connectivity index (χ0n) is 19.2. The van der Waals surface area contributed by atoms with Crippen LogP contribution in [0.15, 0.2) is 0 Å². The van der Waals surface area contributed by atoms with Gasteiger partial charge in [-0.1, -0.05) is 20.8 Å². The Morgan fingerprint density at radius 1 is 1.07 bits per heavy atom. The third-order valence-corrected chi connectivity index (χ3v) is 10.6. The number of carbonyl (C=O) groups is 1. The molecule has 0 aromatic heterocycles. The smallest absolute Gasteiger partial charge is 0.305 e. The molecule has 5 heteroatoms. The number of aliphatic hydroxyl groups excluding tert-OH is 3. The Kier molecular flexibility index (Phi) is 6.04. The number of ether oxygens (including phenoxy) is 1. The number of rotatable bonds is 4. The molecule has 0 bridgehead atoms. The van der Waals surface area contributed by atoms with Crippen molar-refractivity contribution in [3.05, 3.63) is 0 Å². The van der Waals surface area contributed by atoms with Crippen LogP contribution in [0.2, 0.25) is 0 Å². The summed E-state index contributed by atoms with van der Waals surface area (Å²) in [5.41, 5.74) is -0.0882. The Balaban J connectivity index is 1.58. The molecule has 0 spiro atoms. The van der Waals surface area contributed by atoms with Gasteiger partial charge in [0.2, 0.25) is 0 Å². The largest absolute Gasteiger partial charge is 0.469 e. The van der Waals surface area contributed by atoms with E-state index in [1.807, 2.05) is 0 Å². The predicted octanol–water partition coefficient (Wildman–Crippen LogP) is 3.54. The standard InChI is InChI=1S/C25H42O5/c1-14(5-8-22(29)30-4)17-6-7-18-23-19(13-21(28)25(17,18)3)24(2)10-9-16(26)11-15(24)12-20(23)27/h14-21,23,26-28H,5-13H2,1-4H3/t14-,15-,16+,17+,18-,19-,20+,21-,23-,24-,25+/m0/s1. The minimum absolute atomic E-state index is 0.111. The number of esters is 1. The molecule has 0 radical (unpaired) electrons. The van der Waals surface area contributed by atoms with Gasteiger partial charge >= 0.3 is 5.97 Å². The van der Waals surface area contributed by atoms with Crippen LogP contribution < -0.4 is 0 Å². The Bertz CT molecular complexity index is 651. The van der Waals surface area contributed by atoms with E-state index in [2.05, 4.69) is 20.8 Å². The van der Waals surface area contributed by atoms with Gasteiger partial charge in [0, 0.05) is 6.42 Å². The first kappa shape index (κ1) is 22.5. The van der Waals surface area contributed by atoms with Crippen LogP contribution >= 0.6 is 0 Å². The Morgan fingerprint density at radius 3 is 2.50 bits per heavy atom. The van der Waals surface area contributed by atoms with E-state index in [0.717, 1.165) is 51.4 Å². The Hall–Kier alpha value is -0.650. The highest BCUT2D eigenvalue weighted by Crippen LogP contribution is 2.68. The highest BCUT2D eigenvalue weighted by molar-refractivity contribution is 5.69. The van der Waals surface area contributed by atoms with Gasteiger partial charge in [0.15, 0.2) is 0 Å². The summed E-state index contributed by atoms with van der Waals surface area (Å²) < 4.78 is 4.83. The van der Waals surface area contributed by atoms with Crippen molar-refractivity contribution in [1.82, 2.24) is 0 Å². The molecule has 0 amide bonds. The Morgan fingerprint density at radius 2 is 1.80 bits per heavy atom. The predicted molar refractivity (Wildman–Crippen MR) is 114 cm³/mol. The third-order valence-electron chi connectivity index (χ3n) is 10.6. The number of carbonyl (C=O) groups excluding carboxylic acids is 1. The van der Waals surface area contributed by atoms with Crippen LogP contribution in [0.4, 0.5) is 0 Å². The molecular formula is C25H42O5. The summed E-state index contributed by atoms with van der Waals surface area (Å²) in [5.74, 6) is 1.81. The molecule has 0 saturated heterocycles.